The largest absolute Gasteiger partial charge is 0.313 e. The van der Waals surface area contributed by atoms with E-state index < -0.39 is 0 Å². The first-order valence-corrected chi connectivity index (χ1v) is 8.33. The SMILES string of the molecule is Cc1nc(C(C)N(CC(C)C)CC2CCCN2)cs1. The van der Waals surface area contributed by atoms with Gasteiger partial charge in [0.25, 0.3) is 0 Å². The van der Waals surface area contributed by atoms with Crippen molar-refractivity contribution in [3.8, 4) is 0 Å². The number of nitrogens with one attached hydrogen (secondary N) is 1. The van der Waals surface area contributed by atoms with Crippen molar-refractivity contribution >= 4 is 11.3 Å². The summed E-state index contributed by atoms with van der Waals surface area (Å²) in [7, 11) is 0. The highest BCUT2D eigenvalue weighted by atomic mass is 32.1. The van der Waals surface area contributed by atoms with Crippen LogP contribution in [0.2, 0.25) is 0 Å². The molecule has 1 aromatic rings. The van der Waals surface area contributed by atoms with Gasteiger partial charge in [-0.15, -0.1) is 11.3 Å². The Morgan fingerprint density at radius 3 is 2.79 bits per heavy atom. The maximum Gasteiger partial charge on any atom is 0.0898 e. The first-order chi connectivity index (χ1) is 9.06. The lowest BCUT2D eigenvalue weighted by Gasteiger charge is -2.32. The molecule has 2 rings (SSSR count). The third-order valence-electron chi connectivity index (χ3n) is 3.83. The van der Waals surface area contributed by atoms with Crippen LogP contribution in [0.25, 0.3) is 0 Å². The molecular formula is C15H27N3S. The fourth-order valence-corrected chi connectivity index (χ4v) is 3.51. The van der Waals surface area contributed by atoms with Gasteiger partial charge in [-0.3, -0.25) is 4.90 Å². The second-order valence-corrected chi connectivity index (χ2v) is 7.17. The predicted octanol–water partition coefficient (Wildman–Crippen LogP) is 3.22. The van der Waals surface area contributed by atoms with Crippen LogP contribution in [0.4, 0.5) is 0 Å². The zero-order valence-electron chi connectivity index (χ0n) is 12.6. The Balaban J connectivity index is 2.02. The quantitative estimate of drug-likeness (QED) is 0.868. The molecule has 0 saturated carbocycles. The van der Waals surface area contributed by atoms with Gasteiger partial charge in [0, 0.05) is 24.5 Å². The highest BCUT2D eigenvalue weighted by molar-refractivity contribution is 7.09. The van der Waals surface area contributed by atoms with Crippen molar-refractivity contribution in [2.75, 3.05) is 19.6 Å². The van der Waals surface area contributed by atoms with Crippen molar-refractivity contribution in [3.05, 3.63) is 16.1 Å². The molecule has 3 nitrogen and oxygen atoms in total. The van der Waals surface area contributed by atoms with Crippen LogP contribution in [-0.4, -0.2) is 35.6 Å². The molecule has 108 valence electrons. The normalized spacial score (nSPS) is 21.5. The predicted molar refractivity (Wildman–Crippen MR) is 82.7 cm³/mol. The average molecular weight is 281 g/mol. The molecule has 1 aromatic heterocycles. The molecule has 2 heterocycles. The zero-order chi connectivity index (χ0) is 13.8. The van der Waals surface area contributed by atoms with E-state index in [-0.39, 0.29) is 0 Å². The van der Waals surface area contributed by atoms with Gasteiger partial charge in [-0.25, -0.2) is 4.98 Å². The third kappa shape index (κ3) is 4.26. The highest BCUT2D eigenvalue weighted by Gasteiger charge is 2.24. The topological polar surface area (TPSA) is 28.2 Å². The van der Waals surface area contributed by atoms with Crippen molar-refractivity contribution < 1.29 is 0 Å². The second-order valence-electron chi connectivity index (χ2n) is 6.11. The minimum absolute atomic E-state index is 0.426. The summed E-state index contributed by atoms with van der Waals surface area (Å²) in [5, 5.41) is 7.00. The molecule has 2 atom stereocenters. The average Bonchev–Trinajstić information content (AvgIpc) is 2.98. The molecule has 1 saturated heterocycles. The molecule has 1 aliphatic heterocycles. The van der Waals surface area contributed by atoms with Gasteiger partial charge in [-0.2, -0.15) is 0 Å². The molecule has 1 fully saturated rings. The molecule has 19 heavy (non-hydrogen) atoms. The molecule has 2 unspecified atom stereocenters. The molecular weight excluding hydrogens is 254 g/mol. The number of aryl methyl sites for hydroxylation is 1. The standard InChI is InChI=1S/C15H27N3S/c1-11(2)8-18(9-14-6-5-7-16-14)12(3)15-10-19-13(4)17-15/h10-12,14,16H,5-9H2,1-4H3. The Hall–Kier alpha value is -0.450. The van der Waals surface area contributed by atoms with Gasteiger partial charge in [0.2, 0.25) is 0 Å². The Morgan fingerprint density at radius 1 is 1.47 bits per heavy atom. The van der Waals surface area contributed by atoms with Crippen LogP contribution >= 0.6 is 11.3 Å². The van der Waals surface area contributed by atoms with Crippen molar-refractivity contribution in [1.29, 1.82) is 0 Å². The summed E-state index contributed by atoms with van der Waals surface area (Å²) >= 11 is 1.76. The molecule has 0 bridgehead atoms. The van der Waals surface area contributed by atoms with Gasteiger partial charge in [0.1, 0.15) is 0 Å². The van der Waals surface area contributed by atoms with E-state index in [0.717, 1.165) is 13.1 Å². The summed E-state index contributed by atoms with van der Waals surface area (Å²) in [4.78, 5) is 7.27. The van der Waals surface area contributed by atoms with Gasteiger partial charge >= 0.3 is 0 Å². The van der Waals surface area contributed by atoms with Crippen molar-refractivity contribution in [1.82, 2.24) is 15.2 Å². The van der Waals surface area contributed by atoms with Crippen LogP contribution in [0.3, 0.4) is 0 Å². The van der Waals surface area contributed by atoms with Crippen LogP contribution < -0.4 is 5.32 Å². The van der Waals surface area contributed by atoms with Gasteiger partial charge < -0.3 is 5.32 Å². The third-order valence-corrected chi connectivity index (χ3v) is 4.62. The van der Waals surface area contributed by atoms with E-state index in [2.05, 4.69) is 48.3 Å². The summed E-state index contributed by atoms with van der Waals surface area (Å²) in [5.41, 5.74) is 1.24. The van der Waals surface area contributed by atoms with Gasteiger partial charge in [0.05, 0.1) is 16.7 Å². The van der Waals surface area contributed by atoms with E-state index in [1.54, 1.807) is 11.3 Å². The Labute approximate surface area is 121 Å². The molecule has 0 aromatic carbocycles. The van der Waals surface area contributed by atoms with Crippen LogP contribution in [0.5, 0.6) is 0 Å². The molecule has 4 heteroatoms. The first-order valence-electron chi connectivity index (χ1n) is 7.45. The molecule has 0 amide bonds. The zero-order valence-corrected chi connectivity index (χ0v) is 13.5. The molecule has 0 aliphatic carbocycles. The van der Waals surface area contributed by atoms with E-state index in [9.17, 15) is 0 Å². The monoisotopic (exact) mass is 281 g/mol. The number of hydrogen-bond acceptors (Lipinski definition) is 4. The maximum absolute atomic E-state index is 4.67. The smallest absolute Gasteiger partial charge is 0.0898 e. The summed E-state index contributed by atoms with van der Waals surface area (Å²) in [5.74, 6) is 0.698. The van der Waals surface area contributed by atoms with Crippen LogP contribution in [-0.2, 0) is 0 Å². The second kappa shape index (κ2) is 6.82. The lowest BCUT2D eigenvalue weighted by atomic mass is 10.1. The lowest BCUT2D eigenvalue weighted by Crippen LogP contribution is -2.40. The fraction of sp³-hybridized carbons (Fsp3) is 0.800. The van der Waals surface area contributed by atoms with Gasteiger partial charge in [-0.05, 0) is 39.2 Å². The summed E-state index contributed by atoms with van der Waals surface area (Å²) in [6.45, 7) is 12.5. The lowest BCUT2D eigenvalue weighted by molar-refractivity contribution is 0.169. The van der Waals surface area contributed by atoms with Crippen molar-refractivity contribution in [2.45, 2.75) is 52.6 Å². The summed E-state index contributed by atoms with van der Waals surface area (Å²) in [6.07, 6.45) is 2.64. The van der Waals surface area contributed by atoms with Crippen molar-refractivity contribution in [2.24, 2.45) is 5.92 Å². The van der Waals surface area contributed by atoms with Crippen molar-refractivity contribution in [3.63, 3.8) is 0 Å². The van der Waals surface area contributed by atoms with Gasteiger partial charge in [-0.1, -0.05) is 13.8 Å². The number of nitrogens with zero attached hydrogens (tertiary/aromatic N) is 2. The Kier molecular flexibility index (Phi) is 5.37. The molecule has 1 N–H and O–H groups in total. The number of aromatic nitrogens is 1. The minimum Gasteiger partial charge on any atom is -0.313 e. The number of hydrogen-bond donors (Lipinski definition) is 1. The van der Waals surface area contributed by atoms with Gasteiger partial charge in [0.15, 0.2) is 0 Å². The first kappa shape index (κ1) is 14.9. The minimum atomic E-state index is 0.426. The molecule has 0 radical (unpaired) electrons. The van der Waals surface area contributed by atoms with E-state index >= 15 is 0 Å². The summed E-state index contributed by atoms with van der Waals surface area (Å²) in [6, 6.07) is 1.09. The van der Waals surface area contributed by atoms with Crippen LogP contribution in [0.1, 0.15) is 50.4 Å². The van der Waals surface area contributed by atoms with E-state index in [1.165, 1.54) is 30.1 Å². The number of rotatable bonds is 6. The number of thiazole rings is 1. The highest BCUT2D eigenvalue weighted by Crippen LogP contribution is 2.24. The maximum atomic E-state index is 4.67. The van der Waals surface area contributed by atoms with E-state index in [4.69, 9.17) is 0 Å². The molecule has 0 spiro atoms. The fourth-order valence-electron chi connectivity index (χ4n) is 2.81. The van der Waals surface area contributed by atoms with Crippen LogP contribution in [0, 0.1) is 12.8 Å². The Morgan fingerprint density at radius 2 is 2.26 bits per heavy atom. The van der Waals surface area contributed by atoms with E-state index in [1.807, 2.05) is 0 Å². The summed E-state index contributed by atoms with van der Waals surface area (Å²) < 4.78 is 0. The Bertz CT molecular complexity index is 382. The van der Waals surface area contributed by atoms with E-state index in [0.29, 0.717) is 18.0 Å². The molecule has 1 aliphatic rings. The van der Waals surface area contributed by atoms with Crippen LogP contribution in [0.15, 0.2) is 5.38 Å².